The third-order valence-electron chi connectivity index (χ3n) is 5.10. The van der Waals surface area contributed by atoms with Gasteiger partial charge in [0.25, 0.3) is 0 Å². The summed E-state index contributed by atoms with van der Waals surface area (Å²) >= 11 is 0. The van der Waals surface area contributed by atoms with Crippen LogP contribution in [0.1, 0.15) is 43.9 Å². The number of benzene rings is 1. The second kappa shape index (κ2) is 7.91. The number of aromatic amines is 1. The second-order valence-electron chi connectivity index (χ2n) is 7.08. The predicted molar refractivity (Wildman–Crippen MR) is 104 cm³/mol. The van der Waals surface area contributed by atoms with Crippen molar-refractivity contribution in [3.05, 3.63) is 35.5 Å². The first-order valence-electron chi connectivity index (χ1n) is 9.42. The van der Waals surface area contributed by atoms with Crippen LogP contribution in [0, 0.1) is 6.92 Å². The Hall–Kier alpha value is -2.01. The summed E-state index contributed by atoms with van der Waals surface area (Å²) in [5.41, 5.74) is 3.17. The lowest BCUT2D eigenvalue weighted by Crippen LogP contribution is -2.40. The van der Waals surface area contributed by atoms with Crippen LogP contribution in [-0.2, 0) is 6.42 Å². The molecule has 0 radical (unpaired) electrons. The predicted octanol–water partition coefficient (Wildman–Crippen LogP) is 2.88. The van der Waals surface area contributed by atoms with Crippen LogP contribution in [0.5, 0.6) is 0 Å². The van der Waals surface area contributed by atoms with E-state index in [-0.39, 0.29) is 0 Å². The normalized spacial score (nSPS) is 17.2. The lowest BCUT2D eigenvalue weighted by atomic mass is 10.0. The molecule has 0 bridgehead atoms. The molecule has 3 rings (SSSR count). The van der Waals surface area contributed by atoms with Gasteiger partial charge in [-0.2, -0.15) is 0 Å². The molecule has 1 aromatic carbocycles. The zero-order valence-electron chi connectivity index (χ0n) is 15.4. The number of aryl methyl sites for hydroxylation is 1. The molecular formula is C20H30N4O. The van der Waals surface area contributed by atoms with E-state index in [1.165, 1.54) is 22.2 Å². The summed E-state index contributed by atoms with van der Waals surface area (Å²) in [6.45, 7) is 6.30. The van der Waals surface area contributed by atoms with Crippen LogP contribution in [0.4, 0.5) is 0 Å². The number of aromatic nitrogens is 1. The molecule has 0 spiro atoms. The molecule has 2 aromatic rings. The molecule has 1 aliphatic carbocycles. The van der Waals surface area contributed by atoms with Crippen LogP contribution < -0.4 is 10.6 Å². The first kappa shape index (κ1) is 17.8. The molecule has 136 valence electrons. The monoisotopic (exact) mass is 342 g/mol. The highest BCUT2D eigenvalue weighted by Crippen LogP contribution is 2.29. The molecule has 1 fully saturated rings. The van der Waals surface area contributed by atoms with Gasteiger partial charge in [-0.1, -0.05) is 31.0 Å². The maximum Gasteiger partial charge on any atom is 0.191 e. The average molecular weight is 342 g/mol. The first-order valence-corrected chi connectivity index (χ1v) is 9.42. The number of hydrogen-bond acceptors (Lipinski definition) is 2. The number of H-pyrrole nitrogens is 1. The van der Waals surface area contributed by atoms with Gasteiger partial charge in [-0.15, -0.1) is 0 Å². The van der Waals surface area contributed by atoms with Crippen molar-refractivity contribution in [3.8, 4) is 0 Å². The number of nitrogens with one attached hydrogen (secondary N) is 3. The molecule has 1 heterocycles. The number of aliphatic hydroxyl groups is 1. The number of nitrogens with zero attached hydrogens (tertiary/aromatic N) is 1. The summed E-state index contributed by atoms with van der Waals surface area (Å²) in [5.74, 6) is 0.792. The van der Waals surface area contributed by atoms with Crippen molar-refractivity contribution in [1.82, 2.24) is 15.6 Å². The number of guanidine groups is 1. The summed E-state index contributed by atoms with van der Waals surface area (Å²) < 4.78 is 0. The minimum Gasteiger partial charge on any atom is -0.388 e. The Morgan fingerprint density at radius 1 is 1.24 bits per heavy atom. The zero-order valence-corrected chi connectivity index (χ0v) is 15.4. The van der Waals surface area contributed by atoms with Crippen LogP contribution in [0.15, 0.2) is 29.3 Å². The van der Waals surface area contributed by atoms with Gasteiger partial charge in [0.05, 0.1) is 12.1 Å². The smallest absolute Gasteiger partial charge is 0.191 e. The molecule has 0 aliphatic heterocycles. The molecule has 0 saturated heterocycles. The van der Waals surface area contributed by atoms with E-state index in [2.05, 4.69) is 58.7 Å². The van der Waals surface area contributed by atoms with Gasteiger partial charge in [0.1, 0.15) is 0 Å². The number of rotatable bonds is 6. The van der Waals surface area contributed by atoms with Crippen molar-refractivity contribution in [3.63, 3.8) is 0 Å². The molecule has 1 saturated carbocycles. The highest BCUT2D eigenvalue weighted by atomic mass is 16.3. The molecule has 0 amide bonds. The lowest BCUT2D eigenvalue weighted by molar-refractivity contribution is 0.0574. The third-order valence-corrected chi connectivity index (χ3v) is 5.10. The topological polar surface area (TPSA) is 72.4 Å². The minimum absolute atomic E-state index is 0.481. The van der Waals surface area contributed by atoms with Crippen molar-refractivity contribution in [2.24, 2.45) is 4.99 Å². The largest absolute Gasteiger partial charge is 0.388 e. The van der Waals surface area contributed by atoms with Crippen LogP contribution >= 0.6 is 0 Å². The van der Waals surface area contributed by atoms with E-state index < -0.39 is 5.60 Å². The summed E-state index contributed by atoms with van der Waals surface area (Å²) in [5, 5.41) is 18.4. The molecular weight excluding hydrogens is 312 g/mol. The van der Waals surface area contributed by atoms with Gasteiger partial charge in [0.15, 0.2) is 5.96 Å². The van der Waals surface area contributed by atoms with Gasteiger partial charge in [0, 0.05) is 29.7 Å². The highest BCUT2D eigenvalue weighted by molar-refractivity contribution is 5.84. The van der Waals surface area contributed by atoms with Crippen LogP contribution in [0.3, 0.4) is 0 Å². The van der Waals surface area contributed by atoms with E-state index >= 15 is 0 Å². The average Bonchev–Trinajstić information content (AvgIpc) is 3.17. The maximum atomic E-state index is 10.5. The standard InChI is InChI=1S/C20H30N4O/c1-3-21-19(23-14-20(25)11-6-7-12-20)22-13-10-16-15(2)24-18-9-5-4-8-17(16)18/h4-5,8-9,24-25H,3,6-7,10-14H2,1-2H3,(H2,21,22,23). The molecule has 0 atom stereocenters. The number of hydrogen-bond donors (Lipinski definition) is 4. The fourth-order valence-electron chi connectivity index (χ4n) is 3.72. The summed E-state index contributed by atoms with van der Waals surface area (Å²) in [4.78, 5) is 8.06. The minimum atomic E-state index is -0.601. The van der Waals surface area contributed by atoms with Gasteiger partial charge >= 0.3 is 0 Å². The Kier molecular flexibility index (Phi) is 5.63. The van der Waals surface area contributed by atoms with Crippen molar-refractivity contribution in [2.75, 3.05) is 19.6 Å². The fraction of sp³-hybridized carbons (Fsp3) is 0.550. The van der Waals surface area contributed by atoms with E-state index in [1.54, 1.807) is 0 Å². The Balaban J connectivity index is 1.60. The number of fused-ring (bicyclic) bond motifs is 1. The molecule has 5 heteroatoms. The summed E-state index contributed by atoms with van der Waals surface area (Å²) in [7, 11) is 0. The molecule has 1 aromatic heterocycles. The number of aliphatic imine (C=N–C) groups is 1. The summed E-state index contributed by atoms with van der Waals surface area (Å²) in [6, 6.07) is 8.43. The zero-order chi connectivity index (χ0) is 17.7. The first-order chi connectivity index (χ1) is 12.1. The van der Waals surface area contributed by atoms with Crippen molar-refractivity contribution < 1.29 is 5.11 Å². The van der Waals surface area contributed by atoms with E-state index in [0.29, 0.717) is 6.54 Å². The van der Waals surface area contributed by atoms with Crippen LogP contribution in [-0.4, -0.2) is 41.3 Å². The highest BCUT2D eigenvalue weighted by Gasteiger charge is 2.30. The lowest BCUT2D eigenvalue weighted by Gasteiger charge is -2.20. The van der Waals surface area contributed by atoms with E-state index in [4.69, 9.17) is 0 Å². The van der Waals surface area contributed by atoms with E-state index in [9.17, 15) is 5.11 Å². The van der Waals surface area contributed by atoms with Gasteiger partial charge in [-0.3, -0.25) is 4.99 Å². The Bertz CT molecular complexity index is 728. The summed E-state index contributed by atoms with van der Waals surface area (Å²) in [6.07, 6.45) is 4.88. The van der Waals surface area contributed by atoms with Crippen molar-refractivity contribution in [1.29, 1.82) is 0 Å². The number of para-hydroxylation sites is 1. The van der Waals surface area contributed by atoms with Crippen LogP contribution in [0.2, 0.25) is 0 Å². The Labute approximate surface area is 149 Å². The molecule has 4 N–H and O–H groups in total. The van der Waals surface area contributed by atoms with Crippen LogP contribution in [0.25, 0.3) is 10.9 Å². The molecule has 1 aliphatic rings. The Morgan fingerprint density at radius 2 is 2.00 bits per heavy atom. The fourth-order valence-corrected chi connectivity index (χ4v) is 3.72. The molecule has 5 nitrogen and oxygen atoms in total. The van der Waals surface area contributed by atoms with Crippen molar-refractivity contribution in [2.45, 2.75) is 51.6 Å². The quantitative estimate of drug-likeness (QED) is 0.482. The van der Waals surface area contributed by atoms with Gasteiger partial charge in [-0.25, -0.2) is 0 Å². The van der Waals surface area contributed by atoms with Gasteiger partial charge in [-0.05, 0) is 44.7 Å². The van der Waals surface area contributed by atoms with E-state index in [0.717, 1.165) is 51.2 Å². The second-order valence-corrected chi connectivity index (χ2v) is 7.08. The van der Waals surface area contributed by atoms with Gasteiger partial charge in [0.2, 0.25) is 0 Å². The Morgan fingerprint density at radius 3 is 2.76 bits per heavy atom. The molecule has 25 heavy (non-hydrogen) atoms. The maximum absolute atomic E-state index is 10.5. The van der Waals surface area contributed by atoms with E-state index in [1.807, 2.05) is 0 Å². The van der Waals surface area contributed by atoms with Crippen molar-refractivity contribution >= 4 is 16.9 Å². The van der Waals surface area contributed by atoms with Gasteiger partial charge < -0.3 is 20.7 Å². The third kappa shape index (κ3) is 4.34. The SMILES string of the molecule is CCNC(=NCC1(O)CCCC1)NCCc1c(C)[nH]c2ccccc12. The molecule has 0 unspecified atom stereocenters.